The number of halogens is 5. The smallest absolute Gasteiger partial charge is 0.416 e. The van der Waals surface area contributed by atoms with Crippen molar-refractivity contribution >= 4 is 35.1 Å². The quantitative estimate of drug-likeness (QED) is 0.511. The number of esters is 2. The van der Waals surface area contributed by atoms with Gasteiger partial charge in [-0.1, -0.05) is 23.2 Å². The Morgan fingerprint density at radius 3 is 2.34 bits per heavy atom. The van der Waals surface area contributed by atoms with Crippen LogP contribution in [0.25, 0.3) is 0 Å². The minimum absolute atomic E-state index is 0.0249. The van der Waals surface area contributed by atoms with Crippen molar-refractivity contribution in [3.8, 4) is 11.5 Å². The number of alkyl halides is 3. The van der Waals surface area contributed by atoms with Crippen LogP contribution in [-0.4, -0.2) is 24.6 Å². The summed E-state index contributed by atoms with van der Waals surface area (Å²) in [5.41, 5.74) is -1.04. The average molecular weight is 451 g/mol. The number of hydrogen-bond donors (Lipinski definition) is 0. The Balaban J connectivity index is 2.21. The summed E-state index contributed by atoms with van der Waals surface area (Å²) in [5, 5.41) is -0.244. The molecule has 0 saturated carbocycles. The second-order valence-electron chi connectivity index (χ2n) is 5.69. The van der Waals surface area contributed by atoms with E-state index < -0.39 is 29.8 Å². The van der Waals surface area contributed by atoms with Crippen LogP contribution in [-0.2, 0) is 20.4 Å². The molecule has 0 aliphatic rings. The average Bonchev–Trinajstić information content (AvgIpc) is 2.64. The minimum atomic E-state index is -4.55. The van der Waals surface area contributed by atoms with Crippen LogP contribution in [0.4, 0.5) is 13.2 Å². The monoisotopic (exact) mass is 450 g/mol. The molecule has 0 aromatic heterocycles. The summed E-state index contributed by atoms with van der Waals surface area (Å²) in [6.45, 7) is 3.07. The molecule has 0 fully saturated rings. The van der Waals surface area contributed by atoms with Crippen molar-refractivity contribution in [1.29, 1.82) is 0 Å². The van der Waals surface area contributed by atoms with Crippen LogP contribution >= 0.6 is 23.2 Å². The Hall–Kier alpha value is -2.45. The molecule has 0 unspecified atom stereocenters. The van der Waals surface area contributed by atoms with Gasteiger partial charge in [-0.3, -0.25) is 0 Å². The molecule has 0 spiro atoms. The van der Waals surface area contributed by atoms with Crippen LogP contribution in [0.15, 0.2) is 36.4 Å². The molecule has 0 N–H and O–H groups in total. The maximum absolute atomic E-state index is 12.7. The van der Waals surface area contributed by atoms with E-state index in [4.69, 9.17) is 37.4 Å². The molecule has 0 heterocycles. The number of benzene rings is 2. The summed E-state index contributed by atoms with van der Waals surface area (Å²) in [5.74, 6) is -1.60. The normalized spacial score (nSPS) is 12.2. The first-order valence-electron chi connectivity index (χ1n) is 8.24. The maximum Gasteiger partial charge on any atom is 0.416 e. The van der Waals surface area contributed by atoms with Crippen LogP contribution in [0.2, 0.25) is 10.0 Å². The highest BCUT2D eigenvalue weighted by molar-refractivity contribution is 6.33. The zero-order valence-electron chi connectivity index (χ0n) is 15.2. The minimum Gasteiger partial charge on any atom is -0.463 e. The van der Waals surface area contributed by atoms with Gasteiger partial charge in [0.1, 0.15) is 11.5 Å². The van der Waals surface area contributed by atoms with Crippen molar-refractivity contribution in [2.24, 2.45) is 0 Å². The molecule has 2 aromatic rings. The van der Waals surface area contributed by atoms with Crippen LogP contribution in [0, 0.1) is 0 Å². The molecule has 0 aliphatic carbocycles. The maximum atomic E-state index is 12.7. The lowest BCUT2D eigenvalue weighted by atomic mass is 10.2. The van der Waals surface area contributed by atoms with Gasteiger partial charge in [0.05, 0.1) is 27.8 Å². The fourth-order valence-electron chi connectivity index (χ4n) is 2.14. The van der Waals surface area contributed by atoms with E-state index >= 15 is 0 Å². The van der Waals surface area contributed by atoms with Crippen molar-refractivity contribution in [3.05, 3.63) is 57.6 Å². The van der Waals surface area contributed by atoms with Crippen molar-refractivity contribution < 1.29 is 37.0 Å². The Morgan fingerprint density at radius 1 is 1.07 bits per heavy atom. The van der Waals surface area contributed by atoms with Crippen LogP contribution in [0.3, 0.4) is 0 Å². The zero-order chi connectivity index (χ0) is 21.8. The lowest BCUT2D eigenvalue weighted by molar-refractivity contribution is -0.152. The zero-order valence-corrected chi connectivity index (χ0v) is 16.7. The third kappa shape index (κ3) is 6.01. The van der Waals surface area contributed by atoms with Gasteiger partial charge in [-0.2, -0.15) is 13.2 Å². The Morgan fingerprint density at radius 2 is 1.76 bits per heavy atom. The number of rotatable bonds is 6. The molecule has 0 bridgehead atoms. The molecule has 2 aromatic carbocycles. The van der Waals surface area contributed by atoms with Gasteiger partial charge in [0.25, 0.3) is 0 Å². The first-order chi connectivity index (χ1) is 13.5. The number of ether oxygens (including phenoxy) is 3. The summed E-state index contributed by atoms with van der Waals surface area (Å²) in [6.07, 6.45) is -5.71. The van der Waals surface area contributed by atoms with Gasteiger partial charge in [-0.05, 0) is 50.2 Å². The predicted octanol–water partition coefficient (Wildman–Crippen LogP) is 5.91. The predicted molar refractivity (Wildman–Crippen MR) is 99.5 cm³/mol. The summed E-state index contributed by atoms with van der Waals surface area (Å²) in [6, 6.07) is 6.54. The molecule has 5 nitrogen and oxygen atoms in total. The van der Waals surface area contributed by atoms with E-state index in [9.17, 15) is 22.8 Å². The van der Waals surface area contributed by atoms with Crippen molar-refractivity contribution in [3.63, 3.8) is 0 Å². The van der Waals surface area contributed by atoms with Gasteiger partial charge >= 0.3 is 18.1 Å². The molecule has 0 aliphatic heterocycles. The number of carbonyl (C=O) groups is 2. The third-order valence-electron chi connectivity index (χ3n) is 3.55. The number of hydrogen-bond acceptors (Lipinski definition) is 5. The van der Waals surface area contributed by atoms with E-state index in [1.54, 1.807) is 6.92 Å². The fraction of sp³-hybridized carbons (Fsp3) is 0.263. The van der Waals surface area contributed by atoms with Crippen molar-refractivity contribution in [1.82, 2.24) is 0 Å². The van der Waals surface area contributed by atoms with Gasteiger partial charge in [0, 0.05) is 0 Å². The van der Waals surface area contributed by atoms with E-state index in [1.807, 2.05) is 0 Å². The lowest BCUT2D eigenvalue weighted by Gasteiger charge is -2.14. The molecule has 0 amide bonds. The third-order valence-corrected chi connectivity index (χ3v) is 4.17. The standard InChI is InChI=1S/C19H15Cl2F3O5/c1-3-27-17(25)10(2)28-18(26)13-9-12(5-6-14(13)20)29-16-7-4-11(8-15(16)21)19(22,23)24/h4-10H,3H2,1-2H3/t10-/m1/s1. The van der Waals surface area contributed by atoms with Crippen LogP contribution < -0.4 is 4.74 Å². The van der Waals surface area contributed by atoms with E-state index in [-0.39, 0.29) is 33.7 Å². The van der Waals surface area contributed by atoms with E-state index in [0.29, 0.717) is 0 Å². The van der Waals surface area contributed by atoms with Gasteiger partial charge in [-0.25, -0.2) is 9.59 Å². The highest BCUT2D eigenvalue weighted by atomic mass is 35.5. The summed E-state index contributed by atoms with van der Waals surface area (Å²) in [4.78, 5) is 23.9. The van der Waals surface area contributed by atoms with Crippen molar-refractivity contribution in [2.45, 2.75) is 26.1 Å². The molecule has 0 saturated heterocycles. The summed E-state index contributed by atoms with van der Waals surface area (Å²) in [7, 11) is 0. The molecule has 0 radical (unpaired) electrons. The first kappa shape index (κ1) is 22.8. The van der Waals surface area contributed by atoms with Crippen molar-refractivity contribution in [2.75, 3.05) is 6.61 Å². The molecular formula is C19H15Cl2F3O5. The van der Waals surface area contributed by atoms with Crippen LogP contribution in [0.5, 0.6) is 11.5 Å². The Bertz CT molecular complexity index is 915. The number of carbonyl (C=O) groups excluding carboxylic acids is 2. The molecule has 29 heavy (non-hydrogen) atoms. The largest absolute Gasteiger partial charge is 0.463 e. The van der Waals surface area contributed by atoms with Gasteiger partial charge in [0.2, 0.25) is 0 Å². The van der Waals surface area contributed by atoms with Gasteiger partial charge in [0.15, 0.2) is 6.10 Å². The topological polar surface area (TPSA) is 61.8 Å². The highest BCUT2D eigenvalue weighted by Gasteiger charge is 2.31. The molecule has 10 heteroatoms. The molecule has 156 valence electrons. The van der Waals surface area contributed by atoms with Gasteiger partial charge in [-0.15, -0.1) is 0 Å². The fourth-order valence-corrected chi connectivity index (χ4v) is 2.56. The second-order valence-corrected chi connectivity index (χ2v) is 6.50. The first-order valence-corrected chi connectivity index (χ1v) is 9.00. The van der Waals surface area contributed by atoms with E-state index in [0.717, 1.165) is 18.2 Å². The van der Waals surface area contributed by atoms with E-state index in [2.05, 4.69) is 0 Å². The summed E-state index contributed by atoms with van der Waals surface area (Å²) < 4.78 is 53.4. The second kappa shape index (κ2) is 9.37. The molecule has 2 rings (SSSR count). The van der Waals surface area contributed by atoms with Crippen LogP contribution in [0.1, 0.15) is 29.8 Å². The Kier molecular flexibility index (Phi) is 7.37. The Labute approximate surface area is 174 Å². The SMILES string of the molecule is CCOC(=O)[C@@H](C)OC(=O)c1cc(Oc2ccc(C(F)(F)F)cc2Cl)ccc1Cl. The summed E-state index contributed by atoms with van der Waals surface area (Å²) >= 11 is 11.9. The highest BCUT2D eigenvalue weighted by Crippen LogP contribution is 2.37. The molecule has 1 atom stereocenters. The molecular weight excluding hydrogens is 436 g/mol. The lowest BCUT2D eigenvalue weighted by Crippen LogP contribution is -2.26. The van der Waals surface area contributed by atoms with E-state index in [1.165, 1.54) is 25.1 Å². The van der Waals surface area contributed by atoms with Gasteiger partial charge < -0.3 is 14.2 Å².